The summed E-state index contributed by atoms with van der Waals surface area (Å²) in [6.45, 7) is 2.57. The first kappa shape index (κ1) is 17.1. The highest BCUT2D eigenvalue weighted by Gasteiger charge is 2.18. The Morgan fingerprint density at radius 1 is 1.07 bits per heavy atom. The van der Waals surface area contributed by atoms with E-state index >= 15 is 0 Å². The van der Waals surface area contributed by atoms with Gasteiger partial charge in [-0.05, 0) is 41.8 Å². The number of hydrogen-bond acceptors (Lipinski definition) is 6. The number of aromatic amines is 1. The van der Waals surface area contributed by atoms with Crippen LogP contribution in [0, 0.1) is 0 Å². The zero-order chi connectivity index (χ0) is 20.1. The number of nitrogens with two attached hydrogens (primary N) is 1. The van der Waals surface area contributed by atoms with E-state index in [2.05, 4.69) is 49.5 Å². The summed E-state index contributed by atoms with van der Waals surface area (Å²) in [6.07, 6.45) is 6.22. The van der Waals surface area contributed by atoms with Crippen molar-refractivity contribution in [2.24, 2.45) is 0 Å². The van der Waals surface area contributed by atoms with E-state index in [4.69, 9.17) is 10.8 Å². The molecule has 4 aromatic heterocycles. The molecular weight excluding hydrogens is 376 g/mol. The van der Waals surface area contributed by atoms with Crippen molar-refractivity contribution in [1.29, 1.82) is 0 Å². The van der Waals surface area contributed by atoms with Gasteiger partial charge in [-0.3, -0.25) is 0 Å². The van der Waals surface area contributed by atoms with Crippen molar-refractivity contribution < 1.29 is 0 Å². The molecule has 148 valence electrons. The summed E-state index contributed by atoms with van der Waals surface area (Å²) in [6, 6.07) is 10.7. The topological polar surface area (TPSA) is 110 Å². The molecule has 0 spiro atoms. The second-order valence-electron chi connectivity index (χ2n) is 7.63. The Bertz CT molecular complexity index is 1400. The van der Waals surface area contributed by atoms with E-state index in [1.165, 1.54) is 23.0 Å². The fourth-order valence-corrected chi connectivity index (χ4v) is 4.21. The lowest BCUT2D eigenvalue weighted by atomic mass is 9.98. The quantitative estimate of drug-likeness (QED) is 0.432. The van der Waals surface area contributed by atoms with Gasteiger partial charge in [-0.2, -0.15) is 5.10 Å². The van der Waals surface area contributed by atoms with Gasteiger partial charge in [-0.1, -0.05) is 18.2 Å². The molecule has 6 rings (SSSR count). The summed E-state index contributed by atoms with van der Waals surface area (Å²) in [5.74, 6) is 0.423. The van der Waals surface area contributed by atoms with Gasteiger partial charge in [-0.25, -0.2) is 19.6 Å². The van der Waals surface area contributed by atoms with Crippen LogP contribution in [0.5, 0.6) is 0 Å². The maximum Gasteiger partial charge on any atom is 0.164 e. The number of nitrogens with one attached hydrogen (secondary N) is 2. The van der Waals surface area contributed by atoms with Crippen LogP contribution in [-0.4, -0.2) is 36.3 Å². The largest absolute Gasteiger partial charge is 0.383 e. The summed E-state index contributed by atoms with van der Waals surface area (Å²) in [5.41, 5.74) is 13.4. The number of aromatic nitrogens is 6. The Kier molecular flexibility index (Phi) is 3.78. The van der Waals surface area contributed by atoms with Gasteiger partial charge in [0, 0.05) is 29.9 Å². The Labute approximate surface area is 172 Å². The van der Waals surface area contributed by atoms with Gasteiger partial charge in [0.05, 0.1) is 11.9 Å². The first-order valence-corrected chi connectivity index (χ1v) is 9.98. The van der Waals surface area contributed by atoms with Crippen LogP contribution in [0.3, 0.4) is 0 Å². The number of fused-ring (bicyclic) bond motifs is 3. The highest BCUT2D eigenvalue weighted by Crippen LogP contribution is 2.31. The predicted octanol–water partition coefficient (Wildman–Crippen LogP) is 2.65. The van der Waals surface area contributed by atoms with Gasteiger partial charge < -0.3 is 16.0 Å². The van der Waals surface area contributed by atoms with Gasteiger partial charge in [-0.15, -0.1) is 0 Å². The third kappa shape index (κ3) is 2.73. The molecule has 5 aromatic rings. The number of nitrogens with zero attached hydrogens (tertiary/aromatic N) is 5. The SMILES string of the molecule is Nc1ncnc2c1c(-c1cnc3[nH]ccc3c1)nn2Cc1ccc2c(c1)CCNC2. The molecule has 0 saturated carbocycles. The van der Waals surface area contributed by atoms with Crippen LogP contribution in [0.15, 0.2) is 49.1 Å². The van der Waals surface area contributed by atoms with E-state index in [0.29, 0.717) is 12.4 Å². The number of nitrogen functional groups attached to an aromatic ring is 1. The van der Waals surface area contributed by atoms with Gasteiger partial charge in [0.1, 0.15) is 23.5 Å². The number of anilines is 1. The van der Waals surface area contributed by atoms with E-state index in [0.717, 1.165) is 52.8 Å². The molecule has 0 unspecified atom stereocenters. The molecule has 1 aliphatic heterocycles. The lowest BCUT2D eigenvalue weighted by molar-refractivity contribution is 0.640. The first-order valence-electron chi connectivity index (χ1n) is 9.98. The van der Waals surface area contributed by atoms with Crippen molar-refractivity contribution in [3.05, 3.63) is 65.7 Å². The summed E-state index contributed by atoms with van der Waals surface area (Å²) in [7, 11) is 0. The molecule has 8 nitrogen and oxygen atoms in total. The van der Waals surface area contributed by atoms with E-state index in [9.17, 15) is 0 Å². The molecule has 4 N–H and O–H groups in total. The van der Waals surface area contributed by atoms with E-state index in [-0.39, 0.29) is 0 Å². The standard InChI is InChI=1S/C22H20N8/c23-20-18-19(17-8-15-4-6-25-21(15)26-10-17)29-30(22(18)28-12-27-20)11-13-1-2-16-9-24-5-3-14(16)7-13/h1-2,4,6-8,10,12,24H,3,5,9,11H2,(H,25,26)(H2,23,27,28). The maximum absolute atomic E-state index is 6.25. The third-order valence-electron chi connectivity index (χ3n) is 5.72. The van der Waals surface area contributed by atoms with Gasteiger partial charge >= 0.3 is 0 Å². The maximum atomic E-state index is 6.25. The number of benzene rings is 1. The summed E-state index contributed by atoms with van der Waals surface area (Å²) in [5, 5.41) is 10.1. The normalized spacial score (nSPS) is 13.7. The molecule has 0 fully saturated rings. The van der Waals surface area contributed by atoms with E-state index < -0.39 is 0 Å². The average molecular weight is 396 g/mol. The Morgan fingerprint density at radius 2 is 2.03 bits per heavy atom. The molecule has 8 heteroatoms. The average Bonchev–Trinajstić information content (AvgIpc) is 3.39. The second-order valence-corrected chi connectivity index (χ2v) is 7.63. The van der Waals surface area contributed by atoms with Crippen LogP contribution >= 0.6 is 0 Å². The molecule has 0 aliphatic carbocycles. The van der Waals surface area contributed by atoms with Crippen molar-refractivity contribution in [2.45, 2.75) is 19.5 Å². The molecule has 0 atom stereocenters. The minimum atomic E-state index is 0.423. The molecule has 0 saturated heterocycles. The molecule has 30 heavy (non-hydrogen) atoms. The minimum Gasteiger partial charge on any atom is -0.383 e. The summed E-state index contributed by atoms with van der Waals surface area (Å²) < 4.78 is 1.91. The Balaban J connectivity index is 1.47. The first-order chi connectivity index (χ1) is 14.8. The van der Waals surface area contributed by atoms with E-state index in [1.807, 2.05) is 23.1 Å². The Hall–Kier alpha value is -3.78. The van der Waals surface area contributed by atoms with Crippen molar-refractivity contribution >= 4 is 27.9 Å². The van der Waals surface area contributed by atoms with Gasteiger partial charge in [0.25, 0.3) is 0 Å². The Morgan fingerprint density at radius 3 is 3.00 bits per heavy atom. The minimum absolute atomic E-state index is 0.423. The smallest absolute Gasteiger partial charge is 0.164 e. The van der Waals surface area contributed by atoms with Crippen molar-refractivity contribution in [2.75, 3.05) is 12.3 Å². The molecule has 0 amide bonds. The number of rotatable bonds is 3. The molecule has 1 aliphatic rings. The highest BCUT2D eigenvalue weighted by molar-refractivity contribution is 5.99. The second kappa shape index (κ2) is 6.64. The molecule has 1 aromatic carbocycles. The van der Waals surface area contributed by atoms with Gasteiger partial charge in [0.15, 0.2) is 5.65 Å². The van der Waals surface area contributed by atoms with Crippen LogP contribution in [0.1, 0.15) is 16.7 Å². The number of H-pyrrole nitrogens is 1. The van der Waals surface area contributed by atoms with Crippen LogP contribution < -0.4 is 11.1 Å². The zero-order valence-corrected chi connectivity index (χ0v) is 16.3. The van der Waals surface area contributed by atoms with Gasteiger partial charge in [0.2, 0.25) is 0 Å². The van der Waals surface area contributed by atoms with E-state index in [1.54, 1.807) is 0 Å². The summed E-state index contributed by atoms with van der Waals surface area (Å²) in [4.78, 5) is 16.3. The number of pyridine rings is 1. The van der Waals surface area contributed by atoms with Crippen LogP contribution in [0.2, 0.25) is 0 Å². The van der Waals surface area contributed by atoms with Crippen LogP contribution in [0.4, 0.5) is 5.82 Å². The van der Waals surface area contributed by atoms with Crippen LogP contribution in [-0.2, 0) is 19.5 Å². The molecular formula is C22H20N8. The van der Waals surface area contributed by atoms with Crippen molar-refractivity contribution in [1.82, 2.24) is 35.0 Å². The lowest BCUT2D eigenvalue weighted by Crippen LogP contribution is -2.23. The fourth-order valence-electron chi connectivity index (χ4n) is 4.21. The predicted molar refractivity (Wildman–Crippen MR) is 116 cm³/mol. The van der Waals surface area contributed by atoms with Crippen LogP contribution in [0.25, 0.3) is 33.3 Å². The molecule has 5 heterocycles. The monoisotopic (exact) mass is 396 g/mol. The fraction of sp³-hybridized carbons (Fsp3) is 0.182. The highest BCUT2D eigenvalue weighted by atomic mass is 15.3. The summed E-state index contributed by atoms with van der Waals surface area (Å²) >= 11 is 0. The van der Waals surface area contributed by atoms with Crippen molar-refractivity contribution in [3.63, 3.8) is 0 Å². The third-order valence-corrected chi connectivity index (χ3v) is 5.72. The molecule has 0 radical (unpaired) electrons. The zero-order valence-electron chi connectivity index (χ0n) is 16.3. The molecule has 0 bridgehead atoms. The number of hydrogen-bond donors (Lipinski definition) is 3. The van der Waals surface area contributed by atoms with Crippen molar-refractivity contribution in [3.8, 4) is 11.3 Å². The lowest BCUT2D eigenvalue weighted by Gasteiger charge is -2.18.